The van der Waals surface area contributed by atoms with Crippen LogP contribution in [0.3, 0.4) is 0 Å². The highest BCUT2D eigenvalue weighted by molar-refractivity contribution is 5.98. The van der Waals surface area contributed by atoms with E-state index in [0.29, 0.717) is 24.8 Å². The van der Waals surface area contributed by atoms with Crippen LogP contribution in [0.4, 0.5) is 0 Å². The Hall–Kier alpha value is -6.81. The smallest absolute Gasteiger partial charge is 0.303 e. The molecule has 1 heterocycles. The number of nitrogens with one attached hydrogen (secondary N) is 9. The second-order valence-corrected chi connectivity index (χ2v) is 16.8. The van der Waals surface area contributed by atoms with Gasteiger partial charge in [0.2, 0.25) is 59.1 Å². The van der Waals surface area contributed by atoms with Gasteiger partial charge in [-0.15, -0.1) is 0 Å². The fourth-order valence-electron chi connectivity index (χ4n) is 6.97. The average molecular weight is 1010 g/mol. The predicted octanol–water partition coefficient (Wildman–Crippen LogP) is -6.34. The minimum absolute atomic E-state index is 0. The summed E-state index contributed by atoms with van der Waals surface area (Å²) in [7, 11) is 0. The SMILES string of the molecule is C[C@@H](O)[C@@H]1NC(=O)C(CCC(=O)O)NC(=O)C(CO)NC(=O)CCCCCNC(=O)C(CCC(N)=O)NC(=O)[C@H](Cc2ccccc2)NC(=O)C(CO)NC(=O)[C@H](CCCCN)NC(=O)C(CO)NC1=O.[HH]. The molecule has 0 spiro atoms. The molecule has 398 valence electrons. The van der Waals surface area contributed by atoms with E-state index in [1.165, 1.54) is 0 Å². The van der Waals surface area contributed by atoms with E-state index in [4.69, 9.17) is 11.5 Å². The molecule has 0 bridgehead atoms. The number of hydrogen-bond acceptors (Lipinski definition) is 16. The first-order valence-electron chi connectivity index (χ1n) is 23.2. The normalized spacial score (nSPS) is 25.2. The number of aliphatic hydroxyl groups excluding tert-OH is 4. The molecule has 18 N–H and O–H groups in total. The summed E-state index contributed by atoms with van der Waals surface area (Å²) in [5, 5.41) is 71.5. The zero-order chi connectivity index (χ0) is 53.0. The summed E-state index contributed by atoms with van der Waals surface area (Å²) in [6.07, 6.45) is -2.67. The first-order chi connectivity index (χ1) is 33.7. The third-order valence-corrected chi connectivity index (χ3v) is 11.0. The van der Waals surface area contributed by atoms with E-state index in [2.05, 4.69) is 47.9 Å². The van der Waals surface area contributed by atoms with E-state index in [1.54, 1.807) is 30.3 Å². The van der Waals surface area contributed by atoms with E-state index in [0.717, 1.165) is 6.92 Å². The van der Waals surface area contributed by atoms with Crippen molar-refractivity contribution in [2.45, 2.75) is 138 Å². The van der Waals surface area contributed by atoms with Crippen LogP contribution in [0.5, 0.6) is 0 Å². The van der Waals surface area contributed by atoms with Crippen LogP contribution in [0.25, 0.3) is 0 Å². The first kappa shape index (κ1) is 60.3. The molecule has 0 aliphatic carbocycles. The topological polar surface area (TPSA) is 449 Å². The lowest BCUT2D eigenvalue weighted by molar-refractivity contribution is -0.139. The molecule has 1 aliphatic rings. The fourth-order valence-corrected chi connectivity index (χ4v) is 6.97. The Morgan fingerprint density at radius 3 is 1.59 bits per heavy atom. The van der Waals surface area contributed by atoms with Crippen molar-refractivity contribution >= 4 is 65.0 Å². The fraction of sp³-hybridized carbons (Fsp3) is 0.614. The largest absolute Gasteiger partial charge is 0.481 e. The van der Waals surface area contributed by atoms with Crippen molar-refractivity contribution in [1.29, 1.82) is 0 Å². The number of unbranched alkanes of at least 4 members (excludes halogenated alkanes) is 1. The summed E-state index contributed by atoms with van der Waals surface area (Å²) >= 11 is 0. The number of aliphatic hydroxyl groups is 4. The second kappa shape index (κ2) is 32.1. The van der Waals surface area contributed by atoms with Crippen LogP contribution >= 0.6 is 0 Å². The second-order valence-electron chi connectivity index (χ2n) is 16.8. The van der Waals surface area contributed by atoms with Gasteiger partial charge in [0.25, 0.3) is 0 Å². The minimum Gasteiger partial charge on any atom is -0.481 e. The molecule has 71 heavy (non-hydrogen) atoms. The predicted molar refractivity (Wildman–Crippen MR) is 250 cm³/mol. The van der Waals surface area contributed by atoms with Crippen molar-refractivity contribution < 1.29 is 79.7 Å². The van der Waals surface area contributed by atoms with Crippen LogP contribution in [-0.4, -0.2) is 178 Å². The molecule has 1 aliphatic heterocycles. The zero-order valence-electron chi connectivity index (χ0n) is 39.5. The van der Waals surface area contributed by atoms with Gasteiger partial charge in [-0.2, -0.15) is 0 Å². The van der Waals surface area contributed by atoms with Gasteiger partial charge >= 0.3 is 5.97 Å². The molecule has 9 atom stereocenters. The molecular formula is C44H71N11O16. The number of hydrogen-bond donors (Lipinski definition) is 16. The first-order valence-corrected chi connectivity index (χ1v) is 23.2. The molecule has 0 saturated carbocycles. The van der Waals surface area contributed by atoms with Crippen molar-refractivity contribution in [1.82, 2.24) is 47.9 Å². The van der Waals surface area contributed by atoms with Crippen LogP contribution < -0.4 is 59.3 Å². The molecule has 27 heteroatoms. The number of benzene rings is 1. The summed E-state index contributed by atoms with van der Waals surface area (Å²) in [6, 6.07) is -4.90. The molecule has 10 amide bonds. The van der Waals surface area contributed by atoms with E-state index >= 15 is 0 Å². The summed E-state index contributed by atoms with van der Waals surface area (Å²) in [5.74, 6) is -11.4. The van der Waals surface area contributed by atoms with Crippen LogP contribution in [0.1, 0.15) is 84.5 Å². The van der Waals surface area contributed by atoms with Gasteiger partial charge in [-0.25, -0.2) is 0 Å². The maximum atomic E-state index is 13.9. The number of carbonyl (C=O) groups is 11. The van der Waals surface area contributed by atoms with Crippen molar-refractivity contribution in [2.75, 3.05) is 32.9 Å². The Balaban J connectivity index is 0.0000259. The highest BCUT2D eigenvalue weighted by Gasteiger charge is 2.36. The number of carboxylic acids is 1. The standard InChI is InChI=1S/C44H69N11O16.H2/c1-24(59)36-44(71)54-32(23-58)42(69)49-26(12-7-8-18-45)38(65)53-31(22-57)43(70)52-29(20-25-10-4-2-5-11-25)40(67)50-27(14-16-33(46)60)37(64)47-19-9-3-6-13-34(61)48-30(21-56)41(68)51-28(39(66)55-36)15-17-35(62)63;/h2,4-5,10-11,24,26-32,36,56-59H,3,6-9,12-23,45H2,1H3,(H2,46,60)(H,47,64)(H,48,61)(H,49,69)(H,50,67)(H,51,68)(H,52,70)(H,53,65)(H,54,71)(H,55,66)(H,62,63);1H/t24-,26+,27?,28?,29+,30?,31?,32?,36+;/m1./s1. The number of rotatable bonds is 16. The van der Waals surface area contributed by atoms with Crippen LogP contribution in [0.2, 0.25) is 0 Å². The van der Waals surface area contributed by atoms with Crippen LogP contribution in [0, 0.1) is 0 Å². The summed E-state index contributed by atoms with van der Waals surface area (Å²) < 4.78 is 0. The number of nitrogens with two attached hydrogens (primary N) is 2. The number of carboxylic acid groups (broad SMARTS) is 1. The molecule has 1 aromatic rings. The van der Waals surface area contributed by atoms with Crippen LogP contribution in [-0.2, 0) is 59.2 Å². The third-order valence-electron chi connectivity index (χ3n) is 11.0. The van der Waals surface area contributed by atoms with Gasteiger partial charge in [0.05, 0.1) is 25.9 Å². The van der Waals surface area contributed by atoms with Gasteiger partial charge < -0.3 is 84.9 Å². The van der Waals surface area contributed by atoms with Gasteiger partial charge in [-0.05, 0) is 64.0 Å². The van der Waals surface area contributed by atoms with E-state index < -0.39 is 152 Å². The number of amides is 10. The molecular weight excluding hydrogens is 939 g/mol. The van der Waals surface area contributed by atoms with Gasteiger partial charge in [0, 0.05) is 33.7 Å². The Bertz CT molecular complexity index is 1990. The Morgan fingerprint density at radius 1 is 0.592 bits per heavy atom. The number of carbonyl (C=O) groups excluding carboxylic acids is 10. The lowest BCUT2D eigenvalue weighted by Gasteiger charge is -2.28. The number of aliphatic carboxylic acids is 1. The highest BCUT2D eigenvalue weighted by atomic mass is 16.4. The third kappa shape index (κ3) is 22.2. The van der Waals surface area contributed by atoms with Gasteiger partial charge in [-0.3, -0.25) is 52.7 Å². The van der Waals surface area contributed by atoms with E-state index in [-0.39, 0.29) is 59.5 Å². The molecule has 0 aromatic heterocycles. The van der Waals surface area contributed by atoms with E-state index in [9.17, 15) is 78.3 Å². The van der Waals surface area contributed by atoms with Gasteiger partial charge in [-0.1, -0.05) is 36.8 Å². The van der Waals surface area contributed by atoms with Gasteiger partial charge in [0.1, 0.15) is 48.3 Å². The Morgan fingerprint density at radius 2 is 1.06 bits per heavy atom. The van der Waals surface area contributed by atoms with Crippen molar-refractivity contribution in [3.05, 3.63) is 35.9 Å². The maximum absolute atomic E-state index is 13.9. The minimum atomic E-state index is -1.92. The highest BCUT2D eigenvalue weighted by Crippen LogP contribution is 2.09. The summed E-state index contributed by atoms with van der Waals surface area (Å²) in [4.78, 5) is 145. The maximum Gasteiger partial charge on any atom is 0.303 e. The lowest BCUT2D eigenvalue weighted by atomic mass is 10.0. The zero-order valence-corrected chi connectivity index (χ0v) is 39.5. The molecule has 1 fully saturated rings. The molecule has 1 aromatic carbocycles. The van der Waals surface area contributed by atoms with E-state index in [1.807, 2.05) is 0 Å². The molecule has 5 unspecified atom stereocenters. The van der Waals surface area contributed by atoms with Crippen LogP contribution in [0.15, 0.2) is 30.3 Å². The van der Waals surface area contributed by atoms with Gasteiger partial charge in [0.15, 0.2) is 0 Å². The molecule has 0 radical (unpaired) electrons. The molecule has 1 saturated heterocycles. The number of primary amides is 1. The quantitative estimate of drug-likeness (QED) is 0.0685. The van der Waals surface area contributed by atoms with Crippen molar-refractivity contribution in [2.24, 2.45) is 11.5 Å². The summed E-state index contributed by atoms with van der Waals surface area (Å²) in [6.45, 7) is -1.85. The summed E-state index contributed by atoms with van der Waals surface area (Å²) in [5.41, 5.74) is 11.5. The molecule has 2 rings (SSSR count). The Kier molecular flexibility index (Phi) is 27.3. The monoisotopic (exact) mass is 1010 g/mol. The molecule has 27 nitrogen and oxygen atoms in total. The Labute approximate surface area is 410 Å². The lowest BCUT2D eigenvalue weighted by Crippen LogP contribution is -2.62. The average Bonchev–Trinajstić information content (AvgIpc) is 3.33. The van der Waals surface area contributed by atoms with Crippen molar-refractivity contribution in [3.8, 4) is 0 Å². The van der Waals surface area contributed by atoms with Crippen molar-refractivity contribution in [3.63, 3.8) is 0 Å².